The molecule has 1 aromatic rings. The van der Waals surface area contributed by atoms with Gasteiger partial charge in [-0.2, -0.15) is 0 Å². The number of aliphatic hydroxyl groups excluding tert-OH is 1. The third-order valence-electron chi connectivity index (χ3n) is 5.65. The second-order valence-corrected chi connectivity index (χ2v) is 6.90. The third-order valence-corrected chi connectivity index (χ3v) is 5.65. The van der Waals surface area contributed by atoms with Crippen molar-refractivity contribution in [3.8, 4) is 0 Å². The van der Waals surface area contributed by atoms with Crippen molar-refractivity contribution in [1.29, 1.82) is 0 Å². The molecule has 1 aliphatic carbocycles. The first-order chi connectivity index (χ1) is 10.3. The van der Waals surface area contributed by atoms with Gasteiger partial charge in [0.15, 0.2) is 0 Å². The fourth-order valence-corrected chi connectivity index (χ4v) is 4.43. The second kappa shape index (κ2) is 6.93. The number of hydrogen-bond donors (Lipinski definition) is 1. The smallest absolute Gasteiger partial charge is 0.0583 e. The summed E-state index contributed by atoms with van der Waals surface area (Å²) in [7, 11) is 0. The Morgan fingerprint density at radius 1 is 1.00 bits per heavy atom. The Morgan fingerprint density at radius 3 is 2.48 bits per heavy atom. The molecule has 1 saturated heterocycles. The summed E-state index contributed by atoms with van der Waals surface area (Å²) in [5.41, 5.74) is 1.41. The molecule has 1 N–H and O–H groups in total. The first kappa shape index (κ1) is 15.1. The molecule has 21 heavy (non-hydrogen) atoms. The molecular weight excluding hydrogens is 258 g/mol. The van der Waals surface area contributed by atoms with Crippen LogP contribution in [0.2, 0.25) is 0 Å². The number of piperidine rings is 1. The first-order valence-corrected chi connectivity index (χ1v) is 8.76. The van der Waals surface area contributed by atoms with Crippen LogP contribution in [-0.2, 0) is 0 Å². The quantitative estimate of drug-likeness (QED) is 0.902. The fraction of sp³-hybridized carbons (Fsp3) is 0.684. The molecule has 0 bridgehead atoms. The molecular formula is C19H29NO. The van der Waals surface area contributed by atoms with Crippen LogP contribution in [0.1, 0.15) is 63.5 Å². The van der Waals surface area contributed by atoms with E-state index in [1.807, 2.05) is 0 Å². The minimum absolute atomic E-state index is 0.0766. The van der Waals surface area contributed by atoms with Gasteiger partial charge in [0, 0.05) is 18.0 Å². The van der Waals surface area contributed by atoms with Crippen LogP contribution < -0.4 is 0 Å². The summed E-state index contributed by atoms with van der Waals surface area (Å²) in [5.74, 6) is 0.491. The zero-order valence-corrected chi connectivity index (χ0v) is 13.2. The summed E-state index contributed by atoms with van der Waals surface area (Å²) >= 11 is 0. The van der Waals surface area contributed by atoms with E-state index in [4.69, 9.17) is 0 Å². The second-order valence-electron chi connectivity index (χ2n) is 6.90. The molecule has 2 nitrogen and oxygen atoms in total. The number of benzene rings is 1. The number of rotatable bonds is 3. The Morgan fingerprint density at radius 2 is 1.71 bits per heavy atom. The fourth-order valence-electron chi connectivity index (χ4n) is 4.43. The van der Waals surface area contributed by atoms with E-state index in [0.29, 0.717) is 18.0 Å². The molecule has 0 amide bonds. The summed E-state index contributed by atoms with van der Waals surface area (Å²) in [5, 5.41) is 10.5. The lowest BCUT2D eigenvalue weighted by atomic mass is 9.77. The lowest BCUT2D eigenvalue weighted by Crippen LogP contribution is -2.49. The molecule has 0 aromatic heterocycles. The van der Waals surface area contributed by atoms with Gasteiger partial charge in [-0.3, -0.25) is 4.90 Å². The highest BCUT2D eigenvalue weighted by Crippen LogP contribution is 2.37. The summed E-state index contributed by atoms with van der Waals surface area (Å²) in [6, 6.07) is 11.9. The Balaban J connectivity index is 1.77. The Kier molecular flexibility index (Phi) is 4.97. The number of hydrogen-bond acceptors (Lipinski definition) is 2. The molecule has 1 aromatic carbocycles. The standard InChI is InChI=1S/C19H29NO/c1-15(16-9-3-2-4-10-16)20-14-8-7-12-18(20)17-11-5-6-13-19(17)21/h2-4,9-10,15,17-19,21H,5-8,11-14H2,1H3. The molecule has 3 rings (SSSR count). The maximum absolute atomic E-state index is 10.5. The van der Waals surface area contributed by atoms with Gasteiger partial charge in [-0.1, -0.05) is 49.6 Å². The Labute approximate surface area is 129 Å². The largest absolute Gasteiger partial charge is 0.393 e. The molecule has 1 saturated carbocycles. The molecule has 0 radical (unpaired) electrons. The molecule has 4 atom stereocenters. The maximum Gasteiger partial charge on any atom is 0.0583 e. The number of nitrogens with zero attached hydrogens (tertiary/aromatic N) is 1. The topological polar surface area (TPSA) is 23.5 Å². The van der Waals surface area contributed by atoms with Gasteiger partial charge in [0.05, 0.1) is 6.10 Å². The van der Waals surface area contributed by atoms with E-state index < -0.39 is 0 Å². The predicted molar refractivity (Wildman–Crippen MR) is 87.2 cm³/mol. The van der Waals surface area contributed by atoms with Crippen LogP contribution in [0.15, 0.2) is 30.3 Å². The van der Waals surface area contributed by atoms with E-state index in [1.165, 1.54) is 50.6 Å². The van der Waals surface area contributed by atoms with Crippen LogP contribution in [0, 0.1) is 5.92 Å². The first-order valence-electron chi connectivity index (χ1n) is 8.76. The summed E-state index contributed by atoms with van der Waals surface area (Å²) in [4.78, 5) is 2.68. The van der Waals surface area contributed by atoms with Gasteiger partial charge in [0.25, 0.3) is 0 Å². The van der Waals surface area contributed by atoms with Gasteiger partial charge in [0.2, 0.25) is 0 Å². The summed E-state index contributed by atoms with van der Waals surface area (Å²) in [6.07, 6.45) is 8.54. The summed E-state index contributed by atoms with van der Waals surface area (Å²) < 4.78 is 0. The van der Waals surface area contributed by atoms with Gasteiger partial charge >= 0.3 is 0 Å². The minimum atomic E-state index is -0.0766. The number of likely N-dealkylation sites (tertiary alicyclic amines) is 1. The van der Waals surface area contributed by atoms with Crippen LogP contribution in [0.5, 0.6) is 0 Å². The van der Waals surface area contributed by atoms with Gasteiger partial charge in [-0.05, 0) is 44.7 Å². The van der Waals surface area contributed by atoms with E-state index in [0.717, 1.165) is 6.42 Å². The third kappa shape index (κ3) is 3.32. The monoisotopic (exact) mass is 287 g/mol. The molecule has 2 heteroatoms. The van der Waals surface area contributed by atoms with Crippen molar-refractivity contribution in [3.05, 3.63) is 35.9 Å². The summed E-state index contributed by atoms with van der Waals surface area (Å²) in [6.45, 7) is 3.52. The van der Waals surface area contributed by atoms with Crippen LogP contribution in [0.4, 0.5) is 0 Å². The molecule has 0 spiro atoms. The Hall–Kier alpha value is -0.860. The lowest BCUT2D eigenvalue weighted by molar-refractivity contribution is -0.0199. The van der Waals surface area contributed by atoms with Gasteiger partial charge in [0.1, 0.15) is 0 Å². The van der Waals surface area contributed by atoms with Crippen LogP contribution in [0.3, 0.4) is 0 Å². The van der Waals surface area contributed by atoms with E-state index in [-0.39, 0.29) is 6.10 Å². The number of aliphatic hydroxyl groups is 1. The molecule has 2 aliphatic rings. The molecule has 4 unspecified atom stereocenters. The predicted octanol–water partition coefficient (Wildman–Crippen LogP) is 4.15. The SMILES string of the molecule is CC(c1ccccc1)N1CCCCC1C1CCCCC1O. The van der Waals surface area contributed by atoms with Crippen molar-refractivity contribution < 1.29 is 5.11 Å². The lowest BCUT2D eigenvalue weighted by Gasteiger charge is -2.46. The van der Waals surface area contributed by atoms with E-state index in [9.17, 15) is 5.11 Å². The average molecular weight is 287 g/mol. The van der Waals surface area contributed by atoms with Crippen molar-refractivity contribution in [2.75, 3.05) is 6.54 Å². The highest BCUT2D eigenvalue weighted by molar-refractivity contribution is 5.19. The van der Waals surface area contributed by atoms with E-state index in [2.05, 4.69) is 42.2 Å². The molecule has 1 heterocycles. The van der Waals surface area contributed by atoms with Crippen molar-refractivity contribution in [2.45, 2.75) is 70.1 Å². The van der Waals surface area contributed by atoms with Crippen molar-refractivity contribution in [2.24, 2.45) is 5.92 Å². The normalized spacial score (nSPS) is 32.8. The van der Waals surface area contributed by atoms with Crippen molar-refractivity contribution >= 4 is 0 Å². The average Bonchev–Trinajstić information content (AvgIpc) is 2.55. The Bertz CT molecular complexity index is 432. The zero-order chi connectivity index (χ0) is 14.7. The van der Waals surface area contributed by atoms with E-state index >= 15 is 0 Å². The van der Waals surface area contributed by atoms with Gasteiger partial charge in [-0.25, -0.2) is 0 Å². The molecule has 2 fully saturated rings. The minimum Gasteiger partial charge on any atom is -0.393 e. The highest BCUT2D eigenvalue weighted by atomic mass is 16.3. The van der Waals surface area contributed by atoms with Crippen LogP contribution in [-0.4, -0.2) is 28.7 Å². The molecule has 116 valence electrons. The van der Waals surface area contributed by atoms with Crippen molar-refractivity contribution in [3.63, 3.8) is 0 Å². The van der Waals surface area contributed by atoms with Crippen LogP contribution >= 0.6 is 0 Å². The zero-order valence-electron chi connectivity index (χ0n) is 13.2. The van der Waals surface area contributed by atoms with Gasteiger partial charge in [-0.15, -0.1) is 0 Å². The maximum atomic E-state index is 10.5. The van der Waals surface area contributed by atoms with Crippen molar-refractivity contribution in [1.82, 2.24) is 4.90 Å². The highest BCUT2D eigenvalue weighted by Gasteiger charge is 2.37. The van der Waals surface area contributed by atoms with E-state index in [1.54, 1.807) is 0 Å². The molecule has 1 aliphatic heterocycles. The van der Waals surface area contributed by atoms with Crippen LogP contribution in [0.25, 0.3) is 0 Å². The van der Waals surface area contributed by atoms with Gasteiger partial charge < -0.3 is 5.11 Å².